The second kappa shape index (κ2) is 16.1. The number of hydrogen-bond donors (Lipinski definition) is 0. The number of rotatable bonds is 14. The Morgan fingerprint density at radius 2 is 1.18 bits per heavy atom. The third-order valence-corrected chi connectivity index (χ3v) is 4.04. The van der Waals surface area contributed by atoms with E-state index in [1.807, 2.05) is 6.92 Å². The molecule has 0 radical (unpaired) electrons. The number of hydrogen-bond acceptors (Lipinski definition) is 2. The average Bonchev–Trinajstić information content (AvgIpc) is 2.35. The van der Waals surface area contributed by atoms with Crippen LogP contribution in [0, 0.1) is 0 Å². The van der Waals surface area contributed by atoms with Crippen LogP contribution < -0.4 is 0 Å². The third kappa shape index (κ3) is 16.1. The van der Waals surface area contributed by atoms with E-state index in [2.05, 4.69) is 6.92 Å². The van der Waals surface area contributed by atoms with Crippen molar-refractivity contribution < 1.29 is 8.85 Å². The zero-order valence-corrected chi connectivity index (χ0v) is 13.4. The molecule has 0 fully saturated rings. The summed E-state index contributed by atoms with van der Waals surface area (Å²) in [5.41, 5.74) is 0. The first kappa shape index (κ1) is 17.1. The van der Waals surface area contributed by atoms with Crippen molar-refractivity contribution in [3.05, 3.63) is 0 Å². The highest BCUT2D eigenvalue weighted by molar-refractivity contribution is 6.17. The van der Waals surface area contributed by atoms with E-state index in [4.69, 9.17) is 8.85 Å². The minimum Gasteiger partial charge on any atom is -0.399 e. The molecule has 0 bridgehead atoms. The lowest BCUT2D eigenvalue weighted by molar-refractivity contribution is 0.225. The molecule has 0 saturated heterocycles. The van der Waals surface area contributed by atoms with Crippen molar-refractivity contribution in [2.24, 2.45) is 0 Å². The summed E-state index contributed by atoms with van der Waals surface area (Å²) in [6, 6.07) is 0. The van der Waals surface area contributed by atoms with Gasteiger partial charge in [0, 0.05) is 13.2 Å². The van der Waals surface area contributed by atoms with Gasteiger partial charge in [-0.15, -0.1) is 0 Å². The predicted molar refractivity (Wildman–Crippen MR) is 78.0 cm³/mol. The molecule has 0 aliphatic carbocycles. The Kier molecular flexibility index (Phi) is 16.3. The maximum Gasteiger partial charge on any atom is 0.304 e. The van der Waals surface area contributed by atoms with Gasteiger partial charge in [-0.05, 0) is 13.3 Å². The molecule has 0 aliphatic rings. The molecule has 3 heteroatoms. The Morgan fingerprint density at radius 1 is 0.647 bits per heavy atom. The third-order valence-electron chi connectivity index (χ3n) is 3.01. The van der Waals surface area contributed by atoms with Crippen molar-refractivity contribution >= 4 is 10.0 Å². The topological polar surface area (TPSA) is 18.5 Å². The van der Waals surface area contributed by atoms with Crippen LogP contribution in [0.3, 0.4) is 0 Å². The molecule has 2 nitrogen and oxygen atoms in total. The van der Waals surface area contributed by atoms with Crippen LogP contribution in [-0.4, -0.2) is 23.2 Å². The quantitative estimate of drug-likeness (QED) is 0.348. The van der Waals surface area contributed by atoms with Crippen LogP contribution in [0.25, 0.3) is 0 Å². The van der Waals surface area contributed by atoms with Gasteiger partial charge < -0.3 is 8.85 Å². The molecular formula is C14H32O2Si. The van der Waals surface area contributed by atoms with Gasteiger partial charge in [-0.3, -0.25) is 0 Å². The highest BCUT2D eigenvalue weighted by Gasteiger charge is 1.93. The van der Waals surface area contributed by atoms with E-state index >= 15 is 0 Å². The molecule has 17 heavy (non-hydrogen) atoms. The lowest BCUT2D eigenvalue weighted by Gasteiger charge is -2.04. The van der Waals surface area contributed by atoms with Crippen LogP contribution in [0.15, 0.2) is 0 Å². The highest BCUT2D eigenvalue weighted by Crippen LogP contribution is 2.10. The van der Waals surface area contributed by atoms with Crippen molar-refractivity contribution in [3.63, 3.8) is 0 Å². The Balaban J connectivity index is 2.85. The number of unbranched alkanes of at least 4 members (excludes halogenated alkanes) is 9. The van der Waals surface area contributed by atoms with Gasteiger partial charge in [-0.25, -0.2) is 0 Å². The second-order valence-electron chi connectivity index (χ2n) is 4.70. The lowest BCUT2D eigenvalue weighted by Crippen LogP contribution is -2.05. The van der Waals surface area contributed by atoms with Crippen LogP contribution in [0.2, 0.25) is 0 Å². The fourth-order valence-corrected chi connectivity index (χ4v) is 2.50. The fourth-order valence-electron chi connectivity index (χ4n) is 1.89. The van der Waals surface area contributed by atoms with Gasteiger partial charge in [0.25, 0.3) is 0 Å². The van der Waals surface area contributed by atoms with E-state index in [0.717, 1.165) is 13.2 Å². The van der Waals surface area contributed by atoms with Crippen molar-refractivity contribution in [2.75, 3.05) is 13.2 Å². The summed E-state index contributed by atoms with van der Waals surface area (Å²) in [4.78, 5) is 0. The van der Waals surface area contributed by atoms with E-state index in [-0.39, 0.29) is 0 Å². The molecule has 0 N–H and O–H groups in total. The molecule has 0 rings (SSSR count). The Hall–Kier alpha value is 0.137. The van der Waals surface area contributed by atoms with E-state index < -0.39 is 10.0 Å². The standard InChI is InChI=1S/C14H32O2Si/c1-3-5-6-7-8-9-10-11-12-13-14-16-17-15-4-2/h3-14,17H2,1-2H3. The highest BCUT2D eigenvalue weighted by atomic mass is 28.3. The van der Waals surface area contributed by atoms with Crippen LogP contribution in [0.1, 0.15) is 78.1 Å². The Labute approximate surface area is 111 Å². The molecule has 0 spiro atoms. The van der Waals surface area contributed by atoms with Crippen molar-refractivity contribution in [2.45, 2.75) is 78.1 Å². The van der Waals surface area contributed by atoms with Crippen LogP contribution >= 0.6 is 0 Å². The van der Waals surface area contributed by atoms with Gasteiger partial charge in [0.1, 0.15) is 0 Å². The fraction of sp³-hybridized carbons (Fsp3) is 1.00. The van der Waals surface area contributed by atoms with Crippen molar-refractivity contribution in [1.82, 2.24) is 0 Å². The predicted octanol–water partition coefficient (Wildman–Crippen LogP) is 3.96. The Morgan fingerprint density at radius 3 is 1.71 bits per heavy atom. The maximum atomic E-state index is 5.46. The minimum absolute atomic E-state index is 0.645. The normalized spacial score (nSPS) is 11.6. The minimum atomic E-state index is -0.645. The van der Waals surface area contributed by atoms with E-state index in [1.54, 1.807) is 0 Å². The van der Waals surface area contributed by atoms with E-state index in [0.29, 0.717) is 0 Å². The maximum absolute atomic E-state index is 5.46. The van der Waals surface area contributed by atoms with E-state index in [9.17, 15) is 0 Å². The summed E-state index contributed by atoms with van der Waals surface area (Å²) in [6.07, 6.45) is 13.9. The molecule has 0 aromatic carbocycles. The molecule has 0 aliphatic heterocycles. The molecule has 0 heterocycles. The van der Waals surface area contributed by atoms with Crippen LogP contribution in [0.4, 0.5) is 0 Å². The molecule has 0 aromatic rings. The zero-order chi connectivity index (χ0) is 12.6. The summed E-state index contributed by atoms with van der Waals surface area (Å²) < 4.78 is 10.7. The molecule has 0 aromatic heterocycles. The lowest BCUT2D eigenvalue weighted by atomic mass is 10.1. The van der Waals surface area contributed by atoms with E-state index in [1.165, 1.54) is 64.2 Å². The van der Waals surface area contributed by atoms with Crippen LogP contribution in [-0.2, 0) is 8.85 Å². The molecule has 0 saturated carbocycles. The van der Waals surface area contributed by atoms with Gasteiger partial charge in [0.15, 0.2) is 0 Å². The van der Waals surface area contributed by atoms with Gasteiger partial charge >= 0.3 is 10.0 Å². The molecule has 104 valence electrons. The van der Waals surface area contributed by atoms with Crippen LogP contribution in [0.5, 0.6) is 0 Å². The summed E-state index contributed by atoms with van der Waals surface area (Å²) in [7, 11) is -0.645. The summed E-state index contributed by atoms with van der Waals surface area (Å²) >= 11 is 0. The first-order valence-corrected chi connectivity index (χ1v) is 8.72. The molecule has 0 atom stereocenters. The van der Waals surface area contributed by atoms with Gasteiger partial charge in [-0.2, -0.15) is 0 Å². The first-order valence-electron chi connectivity index (χ1n) is 7.57. The monoisotopic (exact) mass is 260 g/mol. The molecule has 0 amide bonds. The summed E-state index contributed by atoms with van der Waals surface area (Å²) in [5.74, 6) is 0. The summed E-state index contributed by atoms with van der Waals surface area (Å²) in [6.45, 7) is 6.03. The average molecular weight is 260 g/mol. The Bertz CT molecular complexity index is 117. The largest absolute Gasteiger partial charge is 0.399 e. The zero-order valence-electron chi connectivity index (χ0n) is 12.0. The summed E-state index contributed by atoms with van der Waals surface area (Å²) in [5, 5.41) is 0. The first-order chi connectivity index (χ1) is 8.41. The van der Waals surface area contributed by atoms with Gasteiger partial charge in [0.2, 0.25) is 0 Å². The van der Waals surface area contributed by atoms with Crippen molar-refractivity contribution in [3.8, 4) is 0 Å². The van der Waals surface area contributed by atoms with Gasteiger partial charge in [0.05, 0.1) is 0 Å². The second-order valence-corrected chi connectivity index (χ2v) is 5.75. The SMILES string of the molecule is CCCCCCCCCCCCO[SiH2]OCC. The molecule has 0 unspecified atom stereocenters. The molecular weight excluding hydrogens is 228 g/mol. The van der Waals surface area contributed by atoms with Crippen molar-refractivity contribution in [1.29, 1.82) is 0 Å². The van der Waals surface area contributed by atoms with Gasteiger partial charge in [-0.1, -0.05) is 64.7 Å². The smallest absolute Gasteiger partial charge is 0.304 e.